The highest BCUT2D eigenvalue weighted by molar-refractivity contribution is 4.88. The van der Waals surface area contributed by atoms with Gasteiger partial charge in [0, 0.05) is 0 Å². The van der Waals surface area contributed by atoms with Gasteiger partial charge in [0.05, 0.1) is 0 Å². The van der Waals surface area contributed by atoms with Crippen molar-refractivity contribution in [1.29, 1.82) is 0 Å². The molecule has 0 spiro atoms. The zero-order valence-electron chi connectivity index (χ0n) is 26.4. The van der Waals surface area contributed by atoms with E-state index in [1.165, 1.54) is 134 Å². The van der Waals surface area contributed by atoms with E-state index in [9.17, 15) is 0 Å². The molecule has 0 aromatic heterocycles. The molecule has 0 aliphatic heterocycles. The first-order valence-corrected chi connectivity index (χ1v) is 16.7. The van der Waals surface area contributed by atoms with Gasteiger partial charge in [-0.15, -0.1) is 6.58 Å². The van der Waals surface area contributed by atoms with Crippen LogP contribution in [0.2, 0.25) is 0 Å². The minimum absolute atomic E-state index is 0.858. The molecule has 0 amide bonds. The van der Waals surface area contributed by atoms with Gasteiger partial charge in [-0.2, -0.15) is 0 Å². The Kier molecular flexibility index (Phi) is 24.4. The second-order valence-corrected chi connectivity index (χ2v) is 12.7. The Morgan fingerprint density at radius 2 is 1.25 bits per heavy atom. The van der Waals surface area contributed by atoms with Crippen molar-refractivity contribution < 1.29 is 0 Å². The van der Waals surface area contributed by atoms with Gasteiger partial charge >= 0.3 is 0 Å². The largest absolute Gasteiger partial charge is 0.100 e. The first-order chi connectivity index (χ1) is 17.4. The van der Waals surface area contributed by atoms with Crippen LogP contribution in [-0.4, -0.2) is 0 Å². The second-order valence-electron chi connectivity index (χ2n) is 12.7. The SMILES string of the molecule is C=C(C)CCCCCC/C=C/CC(CC(C)CCC(CC)CCCC)C(C)CCC(CC)CCCC. The fraction of sp³-hybridized carbons (Fsp3) is 0.889. The monoisotopic (exact) mass is 503 g/mol. The molecule has 0 heterocycles. The van der Waals surface area contributed by atoms with Crippen LogP contribution in [0.4, 0.5) is 0 Å². The number of rotatable bonds is 26. The van der Waals surface area contributed by atoms with Crippen LogP contribution in [0.3, 0.4) is 0 Å². The molecule has 0 nitrogen and oxygen atoms in total. The van der Waals surface area contributed by atoms with Gasteiger partial charge in [-0.1, -0.05) is 149 Å². The Morgan fingerprint density at radius 3 is 1.81 bits per heavy atom. The van der Waals surface area contributed by atoms with Gasteiger partial charge in [0.15, 0.2) is 0 Å². The maximum absolute atomic E-state index is 4.03. The summed E-state index contributed by atoms with van der Waals surface area (Å²) < 4.78 is 0. The summed E-state index contributed by atoms with van der Waals surface area (Å²) in [6, 6.07) is 0. The molecule has 0 fully saturated rings. The van der Waals surface area contributed by atoms with E-state index in [0.29, 0.717) is 0 Å². The van der Waals surface area contributed by atoms with Crippen molar-refractivity contribution in [3.05, 3.63) is 24.3 Å². The van der Waals surface area contributed by atoms with Crippen molar-refractivity contribution >= 4 is 0 Å². The van der Waals surface area contributed by atoms with Gasteiger partial charge in [-0.05, 0) is 75.0 Å². The quantitative estimate of drug-likeness (QED) is 0.0814. The summed E-state index contributed by atoms with van der Waals surface area (Å²) in [4.78, 5) is 0. The van der Waals surface area contributed by atoms with E-state index in [1.807, 2.05) is 0 Å². The van der Waals surface area contributed by atoms with Crippen LogP contribution >= 0.6 is 0 Å². The Morgan fingerprint density at radius 1 is 0.667 bits per heavy atom. The van der Waals surface area contributed by atoms with Crippen LogP contribution in [0.25, 0.3) is 0 Å². The Bertz CT molecular complexity index is 500. The minimum atomic E-state index is 0.858. The maximum Gasteiger partial charge on any atom is -0.0320 e. The topological polar surface area (TPSA) is 0 Å². The van der Waals surface area contributed by atoms with E-state index >= 15 is 0 Å². The lowest BCUT2D eigenvalue weighted by Gasteiger charge is -2.28. The van der Waals surface area contributed by atoms with Crippen LogP contribution in [0, 0.1) is 29.6 Å². The summed E-state index contributed by atoms with van der Waals surface area (Å²) in [6.07, 6.45) is 32.7. The van der Waals surface area contributed by atoms with Crippen LogP contribution in [-0.2, 0) is 0 Å². The van der Waals surface area contributed by atoms with E-state index in [4.69, 9.17) is 0 Å². The molecule has 5 atom stereocenters. The van der Waals surface area contributed by atoms with Crippen LogP contribution in [0.1, 0.15) is 177 Å². The molecule has 0 bridgehead atoms. The lowest BCUT2D eigenvalue weighted by atomic mass is 9.78. The van der Waals surface area contributed by atoms with E-state index in [2.05, 4.69) is 67.2 Å². The average molecular weight is 503 g/mol. The molecule has 214 valence electrons. The van der Waals surface area contributed by atoms with E-state index < -0.39 is 0 Å². The Balaban J connectivity index is 4.72. The Labute approximate surface area is 230 Å². The third-order valence-corrected chi connectivity index (χ3v) is 9.02. The maximum atomic E-state index is 4.03. The molecule has 0 aromatic carbocycles. The predicted molar refractivity (Wildman–Crippen MR) is 168 cm³/mol. The molecule has 0 rings (SSSR count). The van der Waals surface area contributed by atoms with Crippen LogP contribution < -0.4 is 0 Å². The second kappa shape index (κ2) is 24.8. The number of allylic oxidation sites excluding steroid dienone is 3. The Hall–Kier alpha value is -0.520. The van der Waals surface area contributed by atoms with E-state index in [-0.39, 0.29) is 0 Å². The molecule has 0 aliphatic rings. The lowest BCUT2D eigenvalue weighted by Crippen LogP contribution is -2.17. The molecule has 0 saturated carbocycles. The fourth-order valence-corrected chi connectivity index (χ4v) is 5.97. The molecule has 5 unspecified atom stereocenters. The number of hydrogen-bond acceptors (Lipinski definition) is 0. The highest BCUT2D eigenvalue weighted by Crippen LogP contribution is 2.33. The molecule has 0 aliphatic carbocycles. The third kappa shape index (κ3) is 20.5. The molecular weight excluding hydrogens is 432 g/mol. The van der Waals surface area contributed by atoms with Crippen molar-refractivity contribution in [1.82, 2.24) is 0 Å². The minimum Gasteiger partial charge on any atom is -0.100 e. The van der Waals surface area contributed by atoms with Gasteiger partial charge in [0.2, 0.25) is 0 Å². The zero-order chi connectivity index (χ0) is 27.0. The van der Waals surface area contributed by atoms with E-state index in [0.717, 1.165) is 29.6 Å². The average Bonchev–Trinajstić information content (AvgIpc) is 2.86. The van der Waals surface area contributed by atoms with Gasteiger partial charge in [0.1, 0.15) is 0 Å². The summed E-state index contributed by atoms with van der Waals surface area (Å²) in [7, 11) is 0. The smallest absolute Gasteiger partial charge is 0.0320 e. The number of unbranched alkanes of at least 4 members (excludes halogenated alkanes) is 6. The van der Waals surface area contributed by atoms with E-state index in [1.54, 1.807) is 0 Å². The lowest BCUT2D eigenvalue weighted by molar-refractivity contribution is 0.243. The molecule has 36 heavy (non-hydrogen) atoms. The predicted octanol–water partition coefficient (Wildman–Crippen LogP) is 13.1. The van der Waals surface area contributed by atoms with Crippen LogP contribution in [0.5, 0.6) is 0 Å². The number of hydrogen-bond donors (Lipinski definition) is 0. The first-order valence-electron chi connectivity index (χ1n) is 16.7. The summed E-state index contributed by atoms with van der Waals surface area (Å²) in [6.45, 7) is 20.8. The molecule has 0 N–H and O–H groups in total. The van der Waals surface area contributed by atoms with Gasteiger partial charge < -0.3 is 0 Å². The highest BCUT2D eigenvalue weighted by atomic mass is 14.3. The summed E-state index contributed by atoms with van der Waals surface area (Å²) >= 11 is 0. The normalized spacial score (nSPS) is 16.2. The van der Waals surface area contributed by atoms with Crippen molar-refractivity contribution in [3.8, 4) is 0 Å². The molecule has 0 aromatic rings. The standard InChI is InChI=1S/C36H70/c1-9-13-23-34(11-3)28-26-32(7)30-36(33(8)27-29-35(12-4)24-14-10-2)25-21-19-17-15-16-18-20-22-31(5)6/h19,21,32-36H,5,9-18,20,22-30H2,1-4,6-8H3/b21-19+. The van der Waals surface area contributed by atoms with Gasteiger partial charge in [0.25, 0.3) is 0 Å². The van der Waals surface area contributed by atoms with Gasteiger partial charge in [-0.25, -0.2) is 0 Å². The molecule has 0 saturated heterocycles. The van der Waals surface area contributed by atoms with Crippen molar-refractivity contribution in [2.24, 2.45) is 29.6 Å². The fourth-order valence-electron chi connectivity index (χ4n) is 5.97. The van der Waals surface area contributed by atoms with Crippen LogP contribution in [0.15, 0.2) is 24.3 Å². The highest BCUT2D eigenvalue weighted by Gasteiger charge is 2.21. The van der Waals surface area contributed by atoms with Crippen molar-refractivity contribution in [3.63, 3.8) is 0 Å². The summed E-state index contributed by atoms with van der Waals surface area (Å²) in [5, 5.41) is 0. The summed E-state index contributed by atoms with van der Waals surface area (Å²) in [5.41, 5.74) is 1.34. The van der Waals surface area contributed by atoms with Gasteiger partial charge in [-0.3, -0.25) is 0 Å². The molecular formula is C36H70. The third-order valence-electron chi connectivity index (χ3n) is 9.02. The first kappa shape index (κ1) is 35.5. The molecule has 0 radical (unpaired) electrons. The summed E-state index contributed by atoms with van der Waals surface area (Å²) in [5.74, 6) is 4.51. The molecule has 0 heteroatoms. The van der Waals surface area contributed by atoms with Crippen molar-refractivity contribution in [2.45, 2.75) is 177 Å². The zero-order valence-corrected chi connectivity index (χ0v) is 26.4. The van der Waals surface area contributed by atoms with Crippen molar-refractivity contribution in [2.75, 3.05) is 0 Å².